The Kier molecular flexibility index (Phi) is 8.14. The van der Waals surface area contributed by atoms with Crippen molar-refractivity contribution in [2.75, 3.05) is 33.0 Å². The molecular formula is C34H37F2N3O6S. The maximum absolute atomic E-state index is 14.7. The van der Waals surface area contributed by atoms with E-state index in [1.807, 2.05) is 18.2 Å². The monoisotopic (exact) mass is 653 g/mol. The van der Waals surface area contributed by atoms with Gasteiger partial charge in [-0.05, 0) is 92.1 Å². The largest absolute Gasteiger partial charge is 0.454 e. The number of hydrogen-bond acceptors (Lipinski definition) is 7. The SMILES string of the molecule is Cc1ccc(S(=O)(=O)N2[C@H](c3cccc(F)c3)CCC[C@@H]2C2(OC(=O)N3CCN(Cc4ccc5c(c4)OCO5)CC3)CC2)cc1F. The molecule has 0 N–H and O–H groups in total. The second-order valence-corrected chi connectivity index (χ2v) is 14.5. The molecule has 46 heavy (non-hydrogen) atoms. The number of carbonyl (C=O) groups is 1. The van der Waals surface area contributed by atoms with Gasteiger partial charge in [-0.1, -0.05) is 24.3 Å². The van der Waals surface area contributed by atoms with Crippen LogP contribution in [0.4, 0.5) is 13.6 Å². The van der Waals surface area contributed by atoms with Crippen LogP contribution in [-0.2, 0) is 21.3 Å². The lowest BCUT2D eigenvalue weighted by atomic mass is 9.90. The Labute approximate surface area is 267 Å². The Morgan fingerprint density at radius 2 is 1.74 bits per heavy atom. The van der Waals surface area contributed by atoms with Gasteiger partial charge in [0, 0.05) is 32.7 Å². The maximum atomic E-state index is 14.7. The third kappa shape index (κ3) is 5.93. The molecule has 0 radical (unpaired) electrons. The Morgan fingerprint density at radius 3 is 2.48 bits per heavy atom. The summed E-state index contributed by atoms with van der Waals surface area (Å²) in [6.07, 6.45) is 2.15. The standard InChI is InChI=1S/C34H37F2N3O6S/c1-23-8-10-27(20-28(23)36)46(41,42)39-29(25-4-2-5-26(35)19-25)6-3-7-32(39)34(12-13-34)45-33(40)38-16-14-37(15-17-38)21-24-9-11-30-31(18-24)44-22-43-30/h2,4-5,8-11,18-20,29,32H,3,6-7,12-17,21-22H2,1H3/t29-,32+/m0/s1. The van der Waals surface area contributed by atoms with Crippen LogP contribution in [0.15, 0.2) is 65.6 Å². The molecule has 0 unspecified atom stereocenters. The summed E-state index contributed by atoms with van der Waals surface area (Å²) in [4.78, 5) is 17.3. The smallest absolute Gasteiger partial charge is 0.410 e. The van der Waals surface area contributed by atoms with E-state index in [2.05, 4.69) is 4.90 Å². The van der Waals surface area contributed by atoms with Gasteiger partial charge in [0.25, 0.3) is 0 Å². The first-order valence-corrected chi connectivity index (χ1v) is 17.2. The van der Waals surface area contributed by atoms with Crippen LogP contribution < -0.4 is 9.47 Å². The van der Waals surface area contributed by atoms with E-state index in [0.29, 0.717) is 76.0 Å². The Bertz CT molecular complexity index is 1740. The zero-order chi connectivity index (χ0) is 32.1. The number of halogens is 2. The van der Waals surface area contributed by atoms with Crippen LogP contribution in [0, 0.1) is 18.6 Å². The van der Waals surface area contributed by atoms with Crippen LogP contribution in [0.3, 0.4) is 0 Å². The molecule has 0 spiro atoms. The van der Waals surface area contributed by atoms with Crippen molar-refractivity contribution < 1.29 is 36.2 Å². The van der Waals surface area contributed by atoms with E-state index in [-0.39, 0.29) is 11.7 Å². The molecule has 0 aromatic heterocycles. The zero-order valence-electron chi connectivity index (χ0n) is 25.7. The lowest BCUT2D eigenvalue weighted by Gasteiger charge is -2.45. The number of piperidine rings is 1. The van der Waals surface area contributed by atoms with Gasteiger partial charge in [0.05, 0.1) is 17.0 Å². The highest BCUT2D eigenvalue weighted by Gasteiger charge is 2.60. The van der Waals surface area contributed by atoms with Gasteiger partial charge in [0.15, 0.2) is 11.5 Å². The Balaban J connectivity index is 1.09. The third-order valence-electron chi connectivity index (χ3n) is 9.64. The fourth-order valence-corrected chi connectivity index (χ4v) is 8.87. The van der Waals surface area contributed by atoms with Gasteiger partial charge in [-0.2, -0.15) is 4.31 Å². The van der Waals surface area contributed by atoms with Crippen molar-refractivity contribution in [3.05, 3.63) is 89.0 Å². The molecule has 3 aliphatic heterocycles. The first-order chi connectivity index (χ1) is 22.1. The number of aryl methyl sites for hydroxylation is 1. The van der Waals surface area contributed by atoms with Crippen molar-refractivity contribution in [3.63, 3.8) is 0 Å². The number of sulfonamides is 1. The summed E-state index contributed by atoms with van der Waals surface area (Å²) in [7, 11) is -4.26. The first-order valence-electron chi connectivity index (χ1n) is 15.8. The van der Waals surface area contributed by atoms with Gasteiger partial charge in [-0.25, -0.2) is 22.0 Å². The van der Waals surface area contributed by atoms with E-state index in [1.54, 1.807) is 24.0 Å². The highest BCUT2D eigenvalue weighted by molar-refractivity contribution is 7.89. The number of hydrogen-bond donors (Lipinski definition) is 0. The molecule has 1 aliphatic carbocycles. The van der Waals surface area contributed by atoms with Gasteiger partial charge in [0.2, 0.25) is 16.8 Å². The highest BCUT2D eigenvalue weighted by Crippen LogP contribution is 2.52. The number of carbonyl (C=O) groups excluding carboxylic acids is 1. The summed E-state index contributed by atoms with van der Waals surface area (Å²) >= 11 is 0. The highest BCUT2D eigenvalue weighted by atomic mass is 32.2. The molecule has 7 rings (SSSR count). The molecule has 1 saturated carbocycles. The minimum Gasteiger partial charge on any atom is -0.454 e. The quantitative estimate of drug-likeness (QED) is 0.320. The molecule has 4 aliphatic rings. The van der Waals surface area contributed by atoms with E-state index >= 15 is 0 Å². The molecule has 9 nitrogen and oxygen atoms in total. The van der Waals surface area contributed by atoms with Crippen molar-refractivity contribution >= 4 is 16.1 Å². The molecule has 3 fully saturated rings. The van der Waals surface area contributed by atoms with Crippen LogP contribution in [-0.4, -0.2) is 73.2 Å². The molecule has 2 saturated heterocycles. The van der Waals surface area contributed by atoms with Crippen molar-refractivity contribution in [2.45, 2.75) is 68.2 Å². The summed E-state index contributed by atoms with van der Waals surface area (Å²) in [5.74, 6) is 0.383. The molecule has 3 aromatic carbocycles. The van der Waals surface area contributed by atoms with Crippen molar-refractivity contribution in [2.24, 2.45) is 0 Å². The molecule has 3 heterocycles. The topological polar surface area (TPSA) is 88.6 Å². The van der Waals surface area contributed by atoms with Gasteiger partial charge < -0.3 is 19.1 Å². The van der Waals surface area contributed by atoms with Crippen LogP contribution >= 0.6 is 0 Å². The molecular weight excluding hydrogens is 616 g/mol. The number of nitrogens with zero attached hydrogens (tertiary/aromatic N) is 3. The normalized spacial score (nSPS) is 22.9. The molecule has 2 atom stereocenters. The summed E-state index contributed by atoms with van der Waals surface area (Å²) in [5.41, 5.74) is 0.932. The van der Waals surface area contributed by atoms with Gasteiger partial charge in [-0.15, -0.1) is 0 Å². The van der Waals surface area contributed by atoms with E-state index in [9.17, 15) is 22.0 Å². The average Bonchev–Trinajstić information content (AvgIpc) is 3.68. The minimum absolute atomic E-state index is 0.176. The second kappa shape index (κ2) is 12.1. The van der Waals surface area contributed by atoms with Gasteiger partial charge in [0.1, 0.15) is 17.2 Å². The van der Waals surface area contributed by atoms with E-state index < -0.39 is 45.4 Å². The second-order valence-electron chi connectivity index (χ2n) is 12.6. The van der Waals surface area contributed by atoms with Crippen LogP contribution in [0.25, 0.3) is 0 Å². The first kappa shape index (κ1) is 30.9. The van der Waals surface area contributed by atoms with Crippen LogP contribution in [0.5, 0.6) is 11.5 Å². The van der Waals surface area contributed by atoms with Crippen LogP contribution in [0.1, 0.15) is 54.8 Å². The summed E-state index contributed by atoms with van der Waals surface area (Å²) < 4.78 is 76.2. The van der Waals surface area contributed by atoms with Crippen molar-refractivity contribution in [3.8, 4) is 11.5 Å². The Morgan fingerprint density at radius 1 is 0.957 bits per heavy atom. The summed E-state index contributed by atoms with van der Waals surface area (Å²) in [6, 6.07) is 14.3. The third-order valence-corrected chi connectivity index (χ3v) is 11.5. The molecule has 12 heteroatoms. The van der Waals surface area contributed by atoms with E-state index in [4.69, 9.17) is 14.2 Å². The number of benzene rings is 3. The van der Waals surface area contributed by atoms with Gasteiger partial charge in [-0.3, -0.25) is 4.90 Å². The fraction of sp³-hybridized carbons (Fsp3) is 0.441. The summed E-state index contributed by atoms with van der Waals surface area (Å²) in [6.45, 7) is 4.76. The number of piperazine rings is 1. The number of amides is 1. The average molecular weight is 654 g/mol. The molecule has 244 valence electrons. The van der Waals surface area contributed by atoms with E-state index in [1.165, 1.54) is 28.6 Å². The maximum Gasteiger partial charge on any atom is 0.410 e. The number of fused-ring (bicyclic) bond motifs is 1. The number of ether oxygens (including phenoxy) is 3. The predicted molar refractivity (Wildman–Crippen MR) is 165 cm³/mol. The van der Waals surface area contributed by atoms with Crippen molar-refractivity contribution in [1.29, 1.82) is 0 Å². The van der Waals surface area contributed by atoms with Crippen molar-refractivity contribution in [1.82, 2.24) is 14.1 Å². The van der Waals surface area contributed by atoms with Gasteiger partial charge >= 0.3 is 6.09 Å². The fourth-order valence-electron chi connectivity index (χ4n) is 6.94. The van der Waals surface area contributed by atoms with Crippen LogP contribution in [0.2, 0.25) is 0 Å². The zero-order valence-corrected chi connectivity index (χ0v) is 26.5. The molecule has 0 bridgehead atoms. The van der Waals surface area contributed by atoms with E-state index in [0.717, 1.165) is 23.1 Å². The predicted octanol–water partition coefficient (Wildman–Crippen LogP) is 5.77. The molecule has 3 aromatic rings. The number of rotatable bonds is 7. The molecule has 1 amide bonds. The summed E-state index contributed by atoms with van der Waals surface area (Å²) in [5, 5.41) is 0. The minimum atomic E-state index is -4.26. The lowest BCUT2D eigenvalue weighted by molar-refractivity contribution is -0.0143. The Hall–Kier alpha value is -3.74. The lowest BCUT2D eigenvalue weighted by Crippen LogP contribution is -2.55.